The lowest BCUT2D eigenvalue weighted by Crippen LogP contribution is -2.70. The molecule has 0 bridgehead atoms. The van der Waals surface area contributed by atoms with E-state index in [1.54, 1.807) is 35.1 Å². The van der Waals surface area contributed by atoms with E-state index in [4.69, 9.17) is 18.9 Å². The molecule has 11 nitrogen and oxygen atoms in total. The highest BCUT2D eigenvalue weighted by molar-refractivity contribution is 5.96. The number of methoxy groups -OCH3 is 4. The van der Waals surface area contributed by atoms with Gasteiger partial charge in [0.25, 0.3) is 5.91 Å². The topological polar surface area (TPSA) is 145 Å². The number of nitrogens with zero attached hydrogens (tertiary/aromatic N) is 3. The van der Waals surface area contributed by atoms with Gasteiger partial charge < -0.3 is 35.1 Å². The number of anilines is 1. The number of aromatic nitrogens is 3. The van der Waals surface area contributed by atoms with Crippen molar-refractivity contribution in [2.45, 2.75) is 19.1 Å². The first-order valence-electron chi connectivity index (χ1n) is 10.1. The van der Waals surface area contributed by atoms with Crippen LogP contribution in [0.5, 0.6) is 23.0 Å². The molecule has 0 aliphatic heterocycles. The number of carbonyl (C=O) groups is 1. The van der Waals surface area contributed by atoms with Gasteiger partial charge in [0.15, 0.2) is 17.5 Å². The summed E-state index contributed by atoms with van der Waals surface area (Å²) >= 11 is 0. The van der Waals surface area contributed by atoms with Crippen LogP contribution in [-0.2, 0) is 4.79 Å². The normalized spacial score (nSPS) is 12.6. The van der Waals surface area contributed by atoms with Crippen molar-refractivity contribution in [3.8, 4) is 39.9 Å². The van der Waals surface area contributed by atoms with Crippen LogP contribution < -0.4 is 30.0 Å². The van der Waals surface area contributed by atoms with Gasteiger partial charge in [0.2, 0.25) is 5.75 Å². The first-order valence-corrected chi connectivity index (χ1v) is 10.1. The number of hydrogen-bond acceptors (Lipinski definition) is 8. The Kier molecular flexibility index (Phi) is 7.36. The maximum Gasteiger partial charge on any atom is 0.285 e. The maximum absolute atomic E-state index is 12.5. The van der Waals surface area contributed by atoms with Crippen LogP contribution in [0.3, 0.4) is 0 Å². The van der Waals surface area contributed by atoms with Crippen molar-refractivity contribution in [3.63, 3.8) is 0 Å². The van der Waals surface area contributed by atoms with Crippen molar-refractivity contribution in [1.82, 2.24) is 15.0 Å². The summed E-state index contributed by atoms with van der Waals surface area (Å²) in [6.07, 6.45) is 0.696. The van der Waals surface area contributed by atoms with Gasteiger partial charge in [0.05, 0.1) is 51.7 Å². The quantitative estimate of drug-likeness (QED) is 0.429. The van der Waals surface area contributed by atoms with E-state index >= 15 is 0 Å². The third-order valence-corrected chi connectivity index (χ3v) is 5.12. The molecule has 33 heavy (non-hydrogen) atoms. The molecule has 1 amide bonds. The van der Waals surface area contributed by atoms with Gasteiger partial charge in [-0.25, -0.2) is 4.68 Å². The molecule has 0 radical (unpaired) electrons. The summed E-state index contributed by atoms with van der Waals surface area (Å²) in [5, 5.41) is 20.7. The Morgan fingerprint density at radius 3 is 2.21 bits per heavy atom. The van der Waals surface area contributed by atoms with Gasteiger partial charge in [0.1, 0.15) is 11.9 Å². The minimum Gasteiger partial charge on any atom is -0.495 e. The number of hydrogen-bond donors (Lipinski definition) is 3. The third kappa shape index (κ3) is 4.83. The van der Waals surface area contributed by atoms with Crippen molar-refractivity contribution in [2.75, 3.05) is 33.8 Å². The fourth-order valence-electron chi connectivity index (χ4n) is 3.22. The van der Waals surface area contributed by atoms with Crippen LogP contribution in [0.15, 0.2) is 36.5 Å². The van der Waals surface area contributed by atoms with E-state index < -0.39 is 18.1 Å². The molecular weight excluding hydrogens is 430 g/mol. The molecule has 2 unspecified atom stereocenters. The minimum absolute atomic E-state index is 0.423. The lowest BCUT2D eigenvalue weighted by molar-refractivity contribution is -0.418. The van der Waals surface area contributed by atoms with E-state index in [0.717, 1.165) is 0 Å². The molecule has 3 rings (SSSR count). The Hall–Kier alpha value is -3.83. The van der Waals surface area contributed by atoms with Crippen LogP contribution in [-0.4, -0.2) is 66.6 Å². The Bertz CT molecular complexity index is 1110. The lowest BCUT2D eigenvalue weighted by atomic mass is 10.1. The summed E-state index contributed by atoms with van der Waals surface area (Å²) < 4.78 is 23.3. The van der Waals surface area contributed by atoms with Crippen LogP contribution in [0.4, 0.5) is 5.69 Å². The summed E-state index contributed by atoms with van der Waals surface area (Å²) in [7, 11) is 6.10. The molecule has 0 saturated heterocycles. The second-order valence-corrected chi connectivity index (χ2v) is 7.17. The fraction of sp³-hybridized carbons (Fsp3) is 0.318. The predicted molar refractivity (Wildman–Crippen MR) is 120 cm³/mol. The fourth-order valence-corrected chi connectivity index (χ4v) is 3.22. The average molecular weight is 458 g/mol. The minimum atomic E-state index is -0.898. The van der Waals surface area contributed by atoms with Crippen LogP contribution in [0.2, 0.25) is 0 Å². The monoisotopic (exact) mass is 458 g/mol. The molecule has 5 N–H and O–H groups in total. The zero-order valence-electron chi connectivity index (χ0n) is 19.2. The molecule has 11 heteroatoms. The van der Waals surface area contributed by atoms with Gasteiger partial charge in [-0.1, -0.05) is 5.21 Å². The number of aliphatic hydroxyl groups is 1. The summed E-state index contributed by atoms with van der Waals surface area (Å²) in [6.45, 7) is 1.51. The number of aliphatic hydroxyl groups excluding tert-OH is 1. The molecule has 0 fully saturated rings. The number of nitrogens with one attached hydrogen (secondary N) is 1. The van der Waals surface area contributed by atoms with Crippen LogP contribution in [0.1, 0.15) is 6.92 Å². The van der Waals surface area contributed by atoms with Gasteiger partial charge in [-0.05, 0) is 25.1 Å². The predicted octanol–water partition coefficient (Wildman–Crippen LogP) is 0.899. The SMILES string of the molecule is COc1ccc(-c2cnnn2-c2cc(OC)c(OC)c(OC)c2)cc1NC(=O)C([NH3+])C(C)O. The van der Waals surface area contributed by atoms with Gasteiger partial charge in [0, 0.05) is 17.7 Å². The molecule has 176 valence electrons. The Labute approximate surface area is 191 Å². The summed E-state index contributed by atoms with van der Waals surface area (Å²) in [4.78, 5) is 12.5. The zero-order valence-corrected chi connectivity index (χ0v) is 19.2. The zero-order chi connectivity index (χ0) is 24.1. The number of quaternary nitrogens is 1. The van der Waals surface area contributed by atoms with Crippen molar-refractivity contribution in [1.29, 1.82) is 0 Å². The van der Waals surface area contributed by atoms with Crippen molar-refractivity contribution < 1.29 is 34.6 Å². The van der Waals surface area contributed by atoms with E-state index in [1.165, 1.54) is 35.4 Å². The van der Waals surface area contributed by atoms with E-state index in [-0.39, 0.29) is 0 Å². The van der Waals surface area contributed by atoms with Gasteiger partial charge >= 0.3 is 0 Å². The summed E-state index contributed by atoms with van der Waals surface area (Å²) in [6, 6.07) is 7.93. The molecule has 0 spiro atoms. The van der Waals surface area contributed by atoms with Gasteiger partial charge in [-0.15, -0.1) is 5.10 Å². The molecule has 2 atom stereocenters. The highest BCUT2D eigenvalue weighted by Crippen LogP contribution is 2.40. The van der Waals surface area contributed by atoms with Crippen LogP contribution in [0, 0.1) is 0 Å². The summed E-state index contributed by atoms with van der Waals surface area (Å²) in [5.74, 6) is 1.42. The Balaban J connectivity index is 2.06. The number of rotatable bonds is 9. The van der Waals surface area contributed by atoms with Gasteiger partial charge in [-0.3, -0.25) is 4.79 Å². The molecule has 0 aliphatic rings. The molecule has 0 aliphatic carbocycles. The highest BCUT2D eigenvalue weighted by atomic mass is 16.5. The number of ether oxygens (including phenoxy) is 4. The molecule has 2 aromatic carbocycles. The second kappa shape index (κ2) is 10.2. The van der Waals surface area contributed by atoms with Crippen LogP contribution in [0.25, 0.3) is 16.9 Å². The standard InChI is InChI=1S/C22H27N5O6/c1-12(28)20(23)22(29)25-15-8-13(6-7-17(15)30-2)16-11-24-26-27(16)14-9-18(31-3)21(33-5)19(10-14)32-4/h6-12,20,28H,23H2,1-5H3,(H,25,29)/p+1. The smallest absolute Gasteiger partial charge is 0.285 e. The molecule has 0 saturated carbocycles. The molecule has 1 heterocycles. The molecular formula is C22H28N5O6+. The van der Waals surface area contributed by atoms with Crippen molar-refractivity contribution >= 4 is 11.6 Å². The van der Waals surface area contributed by atoms with Crippen molar-refractivity contribution in [2.24, 2.45) is 0 Å². The van der Waals surface area contributed by atoms with E-state index in [1.807, 2.05) is 6.07 Å². The molecule has 1 aromatic heterocycles. The first-order chi connectivity index (χ1) is 15.8. The summed E-state index contributed by atoms with van der Waals surface area (Å²) in [5.41, 5.74) is 6.11. The Morgan fingerprint density at radius 2 is 1.67 bits per heavy atom. The van der Waals surface area contributed by atoms with E-state index in [2.05, 4.69) is 21.4 Å². The van der Waals surface area contributed by atoms with E-state index in [0.29, 0.717) is 45.6 Å². The average Bonchev–Trinajstić information content (AvgIpc) is 3.32. The lowest BCUT2D eigenvalue weighted by Gasteiger charge is -2.16. The number of carbonyl (C=O) groups excluding carboxylic acids is 1. The molecule has 3 aromatic rings. The van der Waals surface area contributed by atoms with E-state index in [9.17, 15) is 9.90 Å². The first kappa shape index (κ1) is 23.8. The maximum atomic E-state index is 12.5. The largest absolute Gasteiger partial charge is 0.495 e. The highest BCUT2D eigenvalue weighted by Gasteiger charge is 2.24. The van der Waals surface area contributed by atoms with Crippen LogP contribution >= 0.6 is 0 Å². The number of amides is 1. The van der Waals surface area contributed by atoms with Crippen molar-refractivity contribution in [3.05, 3.63) is 36.5 Å². The number of benzene rings is 2. The van der Waals surface area contributed by atoms with Gasteiger partial charge in [-0.2, -0.15) is 0 Å². The Morgan fingerprint density at radius 1 is 1.03 bits per heavy atom. The second-order valence-electron chi connectivity index (χ2n) is 7.17. The third-order valence-electron chi connectivity index (χ3n) is 5.12.